The van der Waals surface area contributed by atoms with Crippen LogP contribution in [-0.4, -0.2) is 39.5 Å². The van der Waals surface area contributed by atoms with Gasteiger partial charge in [-0.2, -0.15) is 0 Å². The van der Waals surface area contributed by atoms with Gasteiger partial charge in [0.15, 0.2) is 11.0 Å². The fourth-order valence-corrected chi connectivity index (χ4v) is 3.45. The van der Waals surface area contributed by atoms with E-state index in [1.54, 1.807) is 34.9 Å². The highest BCUT2D eigenvalue weighted by Crippen LogP contribution is 2.28. The van der Waals surface area contributed by atoms with Crippen molar-refractivity contribution < 1.29 is 14.3 Å². The number of para-hydroxylation sites is 1. The first-order chi connectivity index (χ1) is 13.5. The van der Waals surface area contributed by atoms with Gasteiger partial charge < -0.3 is 14.6 Å². The lowest BCUT2D eigenvalue weighted by Gasteiger charge is -2.09. The van der Waals surface area contributed by atoms with Crippen LogP contribution in [0.3, 0.4) is 0 Å². The molecule has 1 N–H and O–H groups in total. The van der Waals surface area contributed by atoms with E-state index in [0.29, 0.717) is 27.3 Å². The number of rotatable bonds is 6. The van der Waals surface area contributed by atoms with Crippen LogP contribution in [0, 0.1) is 0 Å². The van der Waals surface area contributed by atoms with Crippen LogP contribution in [0.4, 0.5) is 5.69 Å². The van der Waals surface area contributed by atoms with E-state index < -0.39 is 5.97 Å². The number of thioether (sulfide) groups is 1. The minimum Gasteiger partial charge on any atom is -0.465 e. The molecule has 3 rings (SSSR count). The van der Waals surface area contributed by atoms with Gasteiger partial charge in [-0.3, -0.25) is 4.79 Å². The van der Waals surface area contributed by atoms with Crippen LogP contribution in [0.2, 0.25) is 5.02 Å². The molecule has 0 atom stereocenters. The molecule has 28 heavy (non-hydrogen) atoms. The second kappa shape index (κ2) is 8.90. The number of esters is 1. The van der Waals surface area contributed by atoms with Crippen molar-refractivity contribution in [3.05, 3.63) is 59.1 Å². The number of carbonyl (C=O) groups excluding carboxylic acids is 2. The van der Waals surface area contributed by atoms with Crippen molar-refractivity contribution in [2.24, 2.45) is 7.05 Å². The number of hydrogen-bond donors (Lipinski definition) is 1. The lowest BCUT2D eigenvalue weighted by atomic mass is 10.2. The number of methoxy groups -OCH3 is 1. The van der Waals surface area contributed by atoms with Crippen molar-refractivity contribution in [3.8, 4) is 11.4 Å². The molecular weight excluding hydrogens is 400 g/mol. The Morgan fingerprint density at radius 1 is 1.14 bits per heavy atom. The Balaban J connectivity index is 1.68. The van der Waals surface area contributed by atoms with E-state index in [4.69, 9.17) is 16.3 Å². The van der Waals surface area contributed by atoms with Gasteiger partial charge in [0.25, 0.3) is 0 Å². The van der Waals surface area contributed by atoms with Crippen LogP contribution in [-0.2, 0) is 16.6 Å². The largest absolute Gasteiger partial charge is 0.465 e. The van der Waals surface area contributed by atoms with Crippen molar-refractivity contribution in [3.63, 3.8) is 0 Å². The molecular formula is C19H17ClN4O3S. The van der Waals surface area contributed by atoms with Crippen LogP contribution in [0.1, 0.15) is 10.4 Å². The zero-order valence-corrected chi connectivity index (χ0v) is 16.8. The molecule has 1 heterocycles. The third-order valence-corrected chi connectivity index (χ3v) is 5.24. The molecule has 2 aromatic carbocycles. The first-order valence-corrected chi connectivity index (χ1v) is 9.62. The van der Waals surface area contributed by atoms with Gasteiger partial charge in [0.1, 0.15) is 0 Å². The first kappa shape index (κ1) is 19.9. The van der Waals surface area contributed by atoms with Gasteiger partial charge >= 0.3 is 5.97 Å². The summed E-state index contributed by atoms with van der Waals surface area (Å²) >= 11 is 7.45. The minimum absolute atomic E-state index is 0.101. The second-order valence-corrected chi connectivity index (χ2v) is 7.07. The molecule has 0 aliphatic rings. The molecule has 0 unspecified atom stereocenters. The van der Waals surface area contributed by atoms with Gasteiger partial charge in [0.2, 0.25) is 5.91 Å². The Morgan fingerprint density at radius 3 is 2.61 bits per heavy atom. The summed E-state index contributed by atoms with van der Waals surface area (Å²) in [5.74, 6) is -0.0706. The summed E-state index contributed by atoms with van der Waals surface area (Å²) in [7, 11) is 3.10. The maximum absolute atomic E-state index is 12.3. The molecule has 3 aromatic rings. The fourth-order valence-electron chi connectivity index (χ4n) is 2.51. The van der Waals surface area contributed by atoms with Gasteiger partial charge in [0, 0.05) is 12.6 Å². The van der Waals surface area contributed by atoms with E-state index in [-0.39, 0.29) is 11.7 Å². The third-order valence-electron chi connectivity index (χ3n) is 3.89. The van der Waals surface area contributed by atoms with Gasteiger partial charge in [-0.05, 0) is 24.3 Å². The van der Waals surface area contributed by atoms with Crippen molar-refractivity contribution in [1.29, 1.82) is 0 Å². The van der Waals surface area contributed by atoms with Crippen molar-refractivity contribution >= 4 is 40.9 Å². The summed E-state index contributed by atoms with van der Waals surface area (Å²) in [6.07, 6.45) is 0. The quantitative estimate of drug-likeness (QED) is 0.487. The SMILES string of the molecule is COC(=O)c1ccccc1NC(=O)CSc1nnc(-c2ccccc2Cl)n1C. The molecule has 7 nitrogen and oxygen atoms in total. The first-order valence-electron chi connectivity index (χ1n) is 8.25. The molecule has 144 valence electrons. The molecule has 1 aromatic heterocycles. The highest BCUT2D eigenvalue weighted by atomic mass is 35.5. The number of carbonyl (C=O) groups is 2. The summed E-state index contributed by atoms with van der Waals surface area (Å²) in [5, 5.41) is 12.2. The number of ether oxygens (including phenoxy) is 1. The molecule has 0 saturated heterocycles. The molecule has 0 aliphatic heterocycles. The number of hydrogen-bond acceptors (Lipinski definition) is 6. The Labute approximate surface area is 171 Å². The van der Waals surface area contributed by atoms with E-state index in [1.807, 2.05) is 25.2 Å². The van der Waals surface area contributed by atoms with E-state index >= 15 is 0 Å². The molecule has 0 bridgehead atoms. The standard InChI is InChI=1S/C19H17ClN4O3S/c1-24-17(12-7-3-5-9-14(12)20)22-23-19(24)28-11-16(25)21-15-10-6-4-8-13(15)18(26)27-2/h3-10H,11H2,1-2H3,(H,21,25). The maximum atomic E-state index is 12.3. The summed E-state index contributed by atoms with van der Waals surface area (Å²) in [4.78, 5) is 24.1. The smallest absolute Gasteiger partial charge is 0.339 e. The van der Waals surface area contributed by atoms with Crippen LogP contribution in [0.25, 0.3) is 11.4 Å². The summed E-state index contributed by atoms with van der Waals surface area (Å²) in [6.45, 7) is 0. The number of halogens is 1. The number of benzene rings is 2. The van der Waals surface area contributed by atoms with Crippen LogP contribution < -0.4 is 5.32 Å². The lowest BCUT2D eigenvalue weighted by Crippen LogP contribution is -2.17. The molecule has 9 heteroatoms. The molecule has 0 radical (unpaired) electrons. The molecule has 0 saturated carbocycles. The molecule has 1 amide bonds. The summed E-state index contributed by atoms with van der Waals surface area (Å²) < 4.78 is 6.51. The van der Waals surface area contributed by atoms with Crippen LogP contribution >= 0.6 is 23.4 Å². The molecule has 0 fully saturated rings. The zero-order chi connectivity index (χ0) is 20.1. The van der Waals surface area contributed by atoms with Crippen LogP contribution in [0.5, 0.6) is 0 Å². The predicted molar refractivity (Wildman–Crippen MR) is 109 cm³/mol. The van der Waals surface area contributed by atoms with E-state index in [1.165, 1.54) is 18.9 Å². The topological polar surface area (TPSA) is 86.1 Å². The normalized spacial score (nSPS) is 10.5. The van der Waals surface area contributed by atoms with Gasteiger partial charge in [-0.1, -0.05) is 47.6 Å². The number of amides is 1. The number of anilines is 1. The van der Waals surface area contributed by atoms with E-state index in [2.05, 4.69) is 15.5 Å². The average Bonchev–Trinajstić information content (AvgIpc) is 3.07. The Morgan fingerprint density at radius 2 is 1.86 bits per heavy atom. The molecule has 0 spiro atoms. The monoisotopic (exact) mass is 416 g/mol. The fraction of sp³-hybridized carbons (Fsp3) is 0.158. The van der Waals surface area contributed by atoms with Crippen molar-refractivity contribution in [2.75, 3.05) is 18.2 Å². The summed E-state index contributed by atoms with van der Waals surface area (Å²) in [5.41, 5.74) is 1.46. The maximum Gasteiger partial charge on any atom is 0.339 e. The number of nitrogens with zero attached hydrogens (tertiary/aromatic N) is 3. The highest BCUT2D eigenvalue weighted by Gasteiger charge is 2.16. The van der Waals surface area contributed by atoms with Crippen molar-refractivity contribution in [2.45, 2.75) is 5.16 Å². The van der Waals surface area contributed by atoms with Crippen molar-refractivity contribution in [1.82, 2.24) is 14.8 Å². The predicted octanol–water partition coefficient (Wildman–Crippen LogP) is 3.65. The average molecular weight is 417 g/mol. The molecule has 0 aliphatic carbocycles. The second-order valence-electron chi connectivity index (χ2n) is 5.72. The highest BCUT2D eigenvalue weighted by molar-refractivity contribution is 7.99. The lowest BCUT2D eigenvalue weighted by molar-refractivity contribution is -0.113. The van der Waals surface area contributed by atoms with Gasteiger partial charge in [-0.25, -0.2) is 4.79 Å². The van der Waals surface area contributed by atoms with Gasteiger partial charge in [-0.15, -0.1) is 10.2 Å². The Hall–Kier alpha value is -2.84. The Kier molecular flexibility index (Phi) is 6.33. The minimum atomic E-state index is -0.513. The zero-order valence-electron chi connectivity index (χ0n) is 15.2. The van der Waals surface area contributed by atoms with E-state index in [0.717, 1.165) is 5.56 Å². The number of nitrogens with one attached hydrogen (secondary N) is 1. The van der Waals surface area contributed by atoms with Gasteiger partial charge in [0.05, 0.1) is 29.1 Å². The van der Waals surface area contributed by atoms with Crippen LogP contribution in [0.15, 0.2) is 53.7 Å². The summed E-state index contributed by atoms with van der Waals surface area (Å²) in [6, 6.07) is 14.0. The van der Waals surface area contributed by atoms with E-state index in [9.17, 15) is 9.59 Å². The Bertz CT molecular complexity index is 1020. The number of aromatic nitrogens is 3. The third kappa shape index (κ3) is 4.35.